The number of amides is 1. The summed E-state index contributed by atoms with van der Waals surface area (Å²) in [6.07, 6.45) is 2.09. The highest BCUT2D eigenvalue weighted by Crippen LogP contribution is 2.41. The van der Waals surface area contributed by atoms with Crippen molar-refractivity contribution in [2.45, 2.75) is 51.1 Å². The fraction of sp³-hybridized carbons (Fsp3) is 0.435. The van der Waals surface area contributed by atoms with Crippen LogP contribution in [-0.4, -0.2) is 12.5 Å². The van der Waals surface area contributed by atoms with E-state index in [9.17, 15) is 18.0 Å². The topological polar surface area (TPSA) is 32.3 Å². The Hall–Kier alpha value is -2.50. The minimum Gasteiger partial charge on any atom is -0.340 e. The third-order valence-corrected chi connectivity index (χ3v) is 5.96. The van der Waals surface area contributed by atoms with Crippen molar-refractivity contribution in [1.29, 1.82) is 0 Å². The molecule has 2 aromatic carbocycles. The third-order valence-electron chi connectivity index (χ3n) is 5.96. The molecule has 3 nitrogen and oxygen atoms in total. The SMILES string of the molecule is O=C(Nc1cc(C(F)(F)F)ccc1N1CCCc2ccccc21)C1CCCCC1. The normalized spacial score (nSPS) is 17.7. The number of benzene rings is 2. The van der Waals surface area contributed by atoms with Crippen LogP contribution in [0.2, 0.25) is 0 Å². The van der Waals surface area contributed by atoms with Crippen molar-refractivity contribution >= 4 is 23.0 Å². The molecule has 0 unspecified atom stereocenters. The van der Waals surface area contributed by atoms with E-state index in [2.05, 4.69) is 5.32 Å². The van der Waals surface area contributed by atoms with Crippen molar-refractivity contribution in [2.24, 2.45) is 5.92 Å². The lowest BCUT2D eigenvalue weighted by Crippen LogP contribution is -2.28. The number of anilines is 3. The summed E-state index contributed by atoms with van der Waals surface area (Å²) in [7, 11) is 0. The minimum absolute atomic E-state index is 0.125. The second kappa shape index (κ2) is 8.09. The summed E-state index contributed by atoms with van der Waals surface area (Å²) in [5.41, 5.74) is 2.28. The number of halogens is 3. The molecule has 0 saturated heterocycles. The van der Waals surface area contributed by atoms with E-state index in [1.54, 1.807) is 0 Å². The van der Waals surface area contributed by atoms with E-state index in [1.807, 2.05) is 29.2 Å². The summed E-state index contributed by atoms with van der Waals surface area (Å²) >= 11 is 0. The Balaban J connectivity index is 1.71. The quantitative estimate of drug-likeness (QED) is 0.653. The number of aryl methyl sites for hydroxylation is 1. The lowest BCUT2D eigenvalue weighted by Gasteiger charge is -2.33. The van der Waals surface area contributed by atoms with E-state index < -0.39 is 11.7 Å². The smallest absolute Gasteiger partial charge is 0.340 e. The Morgan fingerprint density at radius 1 is 0.966 bits per heavy atom. The van der Waals surface area contributed by atoms with Gasteiger partial charge in [-0.15, -0.1) is 0 Å². The van der Waals surface area contributed by atoms with E-state index in [0.717, 1.165) is 62.8 Å². The molecule has 0 atom stereocenters. The monoisotopic (exact) mass is 402 g/mol. The van der Waals surface area contributed by atoms with Gasteiger partial charge in [0.05, 0.1) is 16.9 Å². The zero-order valence-corrected chi connectivity index (χ0v) is 16.3. The molecule has 0 aromatic heterocycles. The van der Waals surface area contributed by atoms with Crippen molar-refractivity contribution in [1.82, 2.24) is 0 Å². The molecule has 29 heavy (non-hydrogen) atoms. The van der Waals surface area contributed by atoms with Gasteiger partial charge < -0.3 is 10.2 Å². The highest BCUT2D eigenvalue weighted by Gasteiger charge is 2.33. The van der Waals surface area contributed by atoms with Gasteiger partial charge in [-0.3, -0.25) is 4.79 Å². The number of para-hydroxylation sites is 1. The van der Waals surface area contributed by atoms with E-state index in [0.29, 0.717) is 12.2 Å². The van der Waals surface area contributed by atoms with E-state index in [1.165, 1.54) is 11.6 Å². The van der Waals surface area contributed by atoms with Gasteiger partial charge in [0.15, 0.2) is 0 Å². The van der Waals surface area contributed by atoms with E-state index in [-0.39, 0.29) is 17.5 Å². The molecule has 0 radical (unpaired) electrons. The molecule has 2 aromatic rings. The zero-order valence-electron chi connectivity index (χ0n) is 16.3. The van der Waals surface area contributed by atoms with Crippen molar-refractivity contribution in [3.63, 3.8) is 0 Å². The first kappa shape index (κ1) is 19.8. The maximum atomic E-state index is 13.3. The van der Waals surface area contributed by atoms with Crippen LogP contribution in [0.25, 0.3) is 0 Å². The number of fused-ring (bicyclic) bond motifs is 1. The number of nitrogens with one attached hydrogen (secondary N) is 1. The van der Waals surface area contributed by atoms with Crippen LogP contribution in [0.4, 0.5) is 30.2 Å². The summed E-state index contributed by atoms with van der Waals surface area (Å²) < 4.78 is 40.0. The molecule has 1 N–H and O–H groups in total. The number of carbonyl (C=O) groups excluding carboxylic acids is 1. The fourth-order valence-electron chi connectivity index (χ4n) is 4.43. The van der Waals surface area contributed by atoms with Crippen LogP contribution >= 0.6 is 0 Å². The Morgan fingerprint density at radius 2 is 1.72 bits per heavy atom. The zero-order chi connectivity index (χ0) is 20.4. The van der Waals surface area contributed by atoms with Crippen LogP contribution < -0.4 is 10.2 Å². The average molecular weight is 402 g/mol. The van der Waals surface area contributed by atoms with Crippen LogP contribution in [0.15, 0.2) is 42.5 Å². The number of alkyl halides is 3. The predicted octanol–water partition coefficient (Wildman–Crippen LogP) is 6.31. The lowest BCUT2D eigenvalue weighted by molar-refractivity contribution is -0.137. The van der Waals surface area contributed by atoms with Gasteiger partial charge in [0.2, 0.25) is 5.91 Å². The molecule has 1 saturated carbocycles. The van der Waals surface area contributed by atoms with E-state index in [4.69, 9.17) is 0 Å². The molecule has 1 amide bonds. The Kier molecular flexibility index (Phi) is 5.52. The Morgan fingerprint density at radius 3 is 2.48 bits per heavy atom. The molecular weight excluding hydrogens is 377 g/mol. The lowest BCUT2D eigenvalue weighted by atomic mass is 9.88. The van der Waals surface area contributed by atoms with Crippen molar-refractivity contribution in [3.8, 4) is 0 Å². The van der Waals surface area contributed by atoms with Crippen molar-refractivity contribution in [3.05, 3.63) is 53.6 Å². The summed E-state index contributed by atoms with van der Waals surface area (Å²) in [5.74, 6) is -0.296. The van der Waals surface area contributed by atoms with Gasteiger partial charge in [-0.1, -0.05) is 37.5 Å². The molecule has 6 heteroatoms. The number of hydrogen-bond donors (Lipinski definition) is 1. The predicted molar refractivity (Wildman–Crippen MR) is 108 cm³/mol. The highest BCUT2D eigenvalue weighted by atomic mass is 19.4. The number of hydrogen-bond acceptors (Lipinski definition) is 2. The van der Waals surface area contributed by atoms with Gasteiger partial charge in [0.25, 0.3) is 0 Å². The van der Waals surface area contributed by atoms with Crippen molar-refractivity contribution < 1.29 is 18.0 Å². The molecular formula is C23H25F3N2O. The molecule has 1 fully saturated rings. The van der Waals surface area contributed by atoms with Gasteiger partial charge >= 0.3 is 6.18 Å². The highest BCUT2D eigenvalue weighted by molar-refractivity contribution is 5.97. The van der Waals surface area contributed by atoms with Crippen molar-refractivity contribution in [2.75, 3.05) is 16.8 Å². The second-order valence-electron chi connectivity index (χ2n) is 7.94. The van der Waals surface area contributed by atoms with Crippen LogP contribution in [-0.2, 0) is 17.4 Å². The Labute approximate surface area is 168 Å². The minimum atomic E-state index is -4.46. The first-order chi connectivity index (χ1) is 13.9. The average Bonchev–Trinajstić information content (AvgIpc) is 2.73. The van der Waals surface area contributed by atoms with Crippen LogP contribution in [0.1, 0.15) is 49.7 Å². The van der Waals surface area contributed by atoms with Gasteiger partial charge in [-0.05, 0) is 55.5 Å². The summed E-state index contributed by atoms with van der Waals surface area (Å²) in [5, 5.41) is 2.84. The van der Waals surface area contributed by atoms with Gasteiger partial charge in [-0.25, -0.2) is 0 Å². The number of nitrogens with zero attached hydrogens (tertiary/aromatic N) is 1. The number of carbonyl (C=O) groups is 1. The second-order valence-corrected chi connectivity index (χ2v) is 7.94. The van der Waals surface area contributed by atoms with Gasteiger partial charge in [-0.2, -0.15) is 13.2 Å². The fourth-order valence-corrected chi connectivity index (χ4v) is 4.43. The van der Waals surface area contributed by atoms with Crippen LogP contribution in [0.3, 0.4) is 0 Å². The largest absolute Gasteiger partial charge is 0.416 e. The molecule has 1 aliphatic heterocycles. The maximum absolute atomic E-state index is 13.3. The van der Waals surface area contributed by atoms with Gasteiger partial charge in [0, 0.05) is 18.2 Å². The summed E-state index contributed by atoms with van der Waals surface area (Å²) in [4.78, 5) is 14.8. The first-order valence-corrected chi connectivity index (χ1v) is 10.3. The van der Waals surface area contributed by atoms with Gasteiger partial charge in [0.1, 0.15) is 0 Å². The summed E-state index contributed by atoms with van der Waals surface area (Å²) in [6, 6.07) is 11.6. The standard InChI is InChI=1S/C23H25F3N2O/c24-23(25,26)18-12-13-21(28-14-6-10-16-7-4-5-11-20(16)28)19(15-18)27-22(29)17-8-2-1-3-9-17/h4-5,7,11-13,15,17H,1-3,6,8-10,14H2,(H,27,29). The maximum Gasteiger partial charge on any atom is 0.416 e. The Bertz CT molecular complexity index is 888. The molecule has 4 rings (SSSR count). The first-order valence-electron chi connectivity index (χ1n) is 10.3. The molecule has 2 aliphatic rings. The molecule has 1 aliphatic carbocycles. The molecule has 0 bridgehead atoms. The molecule has 0 spiro atoms. The molecule has 1 heterocycles. The molecule has 154 valence electrons. The van der Waals surface area contributed by atoms with E-state index >= 15 is 0 Å². The summed E-state index contributed by atoms with van der Waals surface area (Å²) in [6.45, 7) is 0.703. The van der Waals surface area contributed by atoms with Crippen LogP contribution in [0, 0.1) is 5.92 Å². The van der Waals surface area contributed by atoms with Crippen LogP contribution in [0.5, 0.6) is 0 Å². The third kappa shape index (κ3) is 4.26. The number of rotatable bonds is 3.